The highest BCUT2D eigenvalue weighted by Crippen LogP contribution is 2.44. The SMILES string of the molecule is C=CCN1C(=O)/C(=C2\C(=O)N(CC(=O)Nc3ccc(C(=O)OCC)cc3)c3ccccc32)SC1=S. The number of thioether (sulfide) groups is 1. The molecule has 0 aromatic heterocycles. The normalized spacial score (nSPS) is 17.0. The van der Waals surface area contributed by atoms with Crippen molar-refractivity contribution < 1.29 is 23.9 Å². The lowest BCUT2D eigenvalue weighted by Crippen LogP contribution is -2.35. The predicted octanol–water partition coefficient (Wildman–Crippen LogP) is 3.61. The minimum Gasteiger partial charge on any atom is -0.462 e. The number of carbonyl (C=O) groups is 4. The average Bonchev–Trinajstić information content (AvgIpc) is 3.27. The third kappa shape index (κ3) is 4.75. The fraction of sp³-hybridized carbons (Fsp3) is 0.160. The molecule has 0 atom stereocenters. The van der Waals surface area contributed by atoms with Crippen LogP contribution in [-0.2, 0) is 19.1 Å². The molecule has 2 aliphatic heterocycles. The molecule has 0 spiro atoms. The number of hydrogen-bond acceptors (Lipinski definition) is 7. The van der Waals surface area contributed by atoms with Gasteiger partial charge in [0.05, 0.1) is 28.3 Å². The molecule has 35 heavy (non-hydrogen) atoms. The van der Waals surface area contributed by atoms with E-state index >= 15 is 0 Å². The molecule has 0 unspecified atom stereocenters. The summed E-state index contributed by atoms with van der Waals surface area (Å²) in [5.74, 6) is -1.68. The van der Waals surface area contributed by atoms with E-state index in [1.54, 1.807) is 61.5 Å². The van der Waals surface area contributed by atoms with Gasteiger partial charge in [0, 0.05) is 17.8 Å². The molecule has 0 aliphatic carbocycles. The highest BCUT2D eigenvalue weighted by Gasteiger charge is 2.42. The second kappa shape index (κ2) is 10.2. The van der Waals surface area contributed by atoms with Crippen LogP contribution in [0, 0.1) is 0 Å². The number of carbonyl (C=O) groups excluding carboxylic acids is 4. The number of nitrogens with zero attached hydrogens (tertiary/aromatic N) is 2. The van der Waals surface area contributed by atoms with Crippen LogP contribution in [0.4, 0.5) is 11.4 Å². The topological polar surface area (TPSA) is 96.0 Å². The Bertz CT molecular complexity index is 1290. The lowest BCUT2D eigenvalue weighted by atomic mass is 10.1. The van der Waals surface area contributed by atoms with E-state index in [0.29, 0.717) is 26.8 Å². The molecule has 0 radical (unpaired) electrons. The van der Waals surface area contributed by atoms with Crippen LogP contribution in [-0.4, -0.2) is 52.6 Å². The van der Waals surface area contributed by atoms with Crippen molar-refractivity contribution >= 4 is 68.9 Å². The highest BCUT2D eigenvalue weighted by molar-refractivity contribution is 8.26. The Morgan fingerprint density at radius 1 is 1.09 bits per heavy atom. The molecule has 178 valence electrons. The Kier molecular flexibility index (Phi) is 7.13. The first-order valence-electron chi connectivity index (χ1n) is 10.7. The fourth-order valence-electron chi connectivity index (χ4n) is 3.74. The Morgan fingerprint density at radius 3 is 2.49 bits per heavy atom. The summed E-state index contributed by atoms with van der Waals surface area (Å²) in [5.41, 5.74) is 2.17. The first kappa shape index (κ1) is 24.4. The van der Waals surface area contributed by atoms with E-state index in [-0.39, 0.29) is 36.1 Å². The second-order valence-corrected chi connectivity index (χ2v) is 9.18. The largest absolute Gasteiger partial charge is 0.462 e. The molecule has 0 saturated carbocycles. The van der Waals surface area contributed by atoms with Crippen LogP contribution in [0.25, 0.3) is 5.57 Å². The zero-order valence-electron chi connectivity index (χ0n) is 18.8. The average molecular weight is 508 g/mol. The van der Waals surface area contributed by atoms with Gasteiger partial charge in [0.25, 0.3) is 11.8 Å². The van der Waals surface area contributed by atoms with Crippen molar-refractivity contribution in [1.82, 2.24) is 4.90 Å². The van der Waals surface area contributed by atoms with Crippen molar-refractivity contribution in [2.75, 3.05) is 29.9 Å². The number of fused-ring (bicyclic) bond motifs is 1. The Hall–Kier alpha value is -3.76. The van der Waals surface area contributed by atoms with Crippen molar-refractivity contribution in [3.8, 4) is 0 Å². The fourth-order valence-corrected chi connectivity index (χ4v) is 5.09. The highest BCUT2D eigenvalue weighted by atomic mass is 32.2. The maximum absolute atomic E-state index is 13.4. The third-order valence-electron chi connectivity index (χ3n) is 5.29. The van der Waals surface area contributed by atoms with Crippen LogP contribution in [0.1, 0.15) is 22.8 Å². The number of thiocarbonyl (C=S) groups is 1. The molecular formula is C25H21N3O5S2. The molecule has 3 amide bonds. The van der Waals surface area contributed by atoms with Crippen molar-refractivity contribution in [1.29, 1.82) is 0 Å². The summed E-state index contributed by atoms with van der Waals surface area (Å²) in [5, 5.41) is 2.73. The van der Waals surface area contributed by atoms with E-state index in [2.05, 4.69) is 11.9 Å². The standard InChI is InChI=1S/C25H21N3O5S2/c1-3-13-27-23(31)21(35-25(27)34)20-17-7-5-6-8-18(17)28(22(20)30)14-19(29)26-16-11-9-15(10-12-16)24(32)33-4-2/h3,5-12H,1,4,13-14H2,2H3,(H,26,29)/b21-20+. The number of esters is 1. The lowest BCUT2D eigenvalue weighted by molar-refractivity contribution is -0.122. The smallest absolute Gasteiger partial charge is 0.338 e. The van der Waals surface area contributed by atoms with Gasteiger partial charge in [0.2, 0.25) is 5.91 Å². The van der Waals surface area contributed by atoms with Crippen molar-refractivity contribution in [2.45, 2.75) is 6.92 Å². The molecule has 10 heteroatoms. The van der Waals surface area contributed by atoms with Gasteiger partial charge in [-0.05, 0) is 37.3 Å². The van der Waals surface area contributed by atoms with Gasteiger partial charge in [0.15, 0.2) is 0 Å². The van der Waals surface area contributed by atoms with Gasteiger partial charge in [-0.2, -0.15) is 0 Å². The Labute approximate surface area is 211 Å². The van der Waals surface area contributed by atoms with E-state index < -0.39 is 17.8 Å². The number of hydrogen-bond donors (Lipinski definition) is 1. The summed E-state index contributed by atoms with van der Waals surface area (Å²) in [6, 6.07) is 13.3. The molecule has 8 nitrogen and oxygen atoms in total. The van der Waals surface area contributed by atoms with Gasteiger partial charge in [-0.3, -0.25) is 24.2 Å². The quantitative estimate of drug-likeness (QED) is 0.265. The minimum absolute atomic E-state index is 0.233. The summed E-state index contributed by atoms with van der Waals surface area (Å²) >= 11 is 6.38. The van der Waals surface area contributed by atoms with Gasteiger partial charge >= 0.3 is 5.97 Å². The zero-order valence-corrected chi connectivity index (χ0v) is 20.4. The van der Waals surface area contributed by atoms with Crippen molar-refractivity contribution in [3.05, 3.63) is 77.2 Å². The Morgan fingerprint density at radius 2 is 1.80 bits per heavy atom. The summed E-state index contributed by atoms with van der Waals surface area (Å²) in [4.78, 5) is 54.0. The molecule has 4 rings (SSSR count). The molecule has 1 fully saturated rings. The molecule has 1 N–H and O–H groups in total. The van der Waals surface area contributed by atoms with E-state index in [1.165, 1.54) is 9.80 Å². The molecule has 1 saturated heterocycles. The van der Waals surface area contributed by atoms with E-state index in [9.17, 15) is 19.2 Å². The first-order valence-corrected chi connectivity index (χ1v) is 11.9. The monoisotopic (exact) mass is 507 g/mol. The number of anilines is 2. The van der Waals surface area contributed by atoms with Crippen LogP contribution in [0.5, 0.6) is 0 Å². The number of benzene rings is 2. The molecule has 2 aromatic carbocycles. The maximum Gasteiger partial charge on any atom is 0.338 e. The van der Waals surface area contributed by atoms with Gasteiger partial charge in [-0.1, -0.05) is 48.3 Å². The van der Waals surface area contributed by atoms with E-state index in [1.807, 2.05) is 0 Å². The maximum atomic E-state index is 13.4. The summed E-state index contributed by atoms with van der Waals surface area (Å²) in [6.07, 6.45) is 1.57. The molecule has 2 aliphatic rings. The number of amides is 3. The van der Waals surface area contributed by atoms with Crippen molar-refractivity contribution in [3.63, 3.8) is 0 Å². The molecular weight excluding hydrogens is 486 g/mol. The zero-order chi connectivity index (χ0) is 25.1. The number of ether oxygens (including phenoxy) is 1. The summed E-state index contributed by atoms with van der Waals surface area (Å²) in [6.45, 7) is 5.62. The van der Waals surface area contributed by atoms with Crippen LogP contribution >= 0.6 is 24.0 Å². The second-order valence-electron chi connectivity index (χ2n) is 7.53. The number of rotatable bonds is 7. The van der Waals surface area contributed by atoms with Crippen LogP contribution < -0.4 is 10.2 Å². The van der Waals surface area contributed by atoms with E-state index in [4.69, 9.17) is 17.0 Å². The van der Waals surface area contributed by atoms with Gasteiger partial charge in [-0.25, -0.2) is 4.79 Å². The minimum atomic E-state index is -0.448. The van der Waals surface area contributed by atoms with Crippen LogP contribution in [0.15, 0.2) is 66.1 Å². The summed E-state index contributed by atoms with van der Waals surface area (Å²) < 4.78 is 5.30. The lowest BCUT2D eigenvalue weighted by Gasteiger charge is -2.17. The Balaban J connectivity index is 1.55. The predicted molar refractivity (Wildman–Crippen MR) is 139 cm³/mol. The third-order valence-corrected chi connectivity index (χ3v) is 6.74. The first-order chi connectivity index (χ1) is 16.8. The number of para-hydroxylation sites is 1. The molecule has 0 bridgehead atoms. The van der Waals surface area contributed by atoms with Gasteiger partial charge in [0.1, 0.15) is 10.9 Å². The molecule has 2 aromatic rings. The van der Waals surface area contributed by atoms with Crippen LogP contribution in [0.2, 0.25) is 0 Å². The van der Waals surface area contributed by atoms with Crippen LogP contribution in [0.3, 0.4) is 0 Å². The van der Waals surface area contributed by atoms with E-state index in [0.717, 1.165) is 11.8 Å². The van der Waals surface area contributed by atoms with Gasteiger partial charge < -0.3 is 10.1 Å². The summed E-state index contributed by atoms with van der Waals surface area (Å²) in [7, 11) is 0. The van der Waals surface area contributed by atoms with Crippen molar-refractivity contribution in [2.24, 2.45) is 0 Å². The molecule has 2 heterocycles. The number of nitrogens with one attached hydrogen (secondary N) is 1. The van der Waals surface area contributed by atoms with Gasteiger partial charge in [-0.15, -0.1) is 6.58 Å².